The lowest BCUT2D eigenvalue weighted by molar-refractivity contribution is -0.168. The van der Waals surface area contributed by atoms with E-state index < -0.39 is 0 Å². The van der Waals surface area contributed by atoms with Gasteiger partial charge < -0.3 is 4.74 Å². The largest absolute Gasteiger partial charge is 0.458 e. The quantitative estimate of drug-likeness (QED) is 0.623. The van der Waals surface area contributed by atoms with Crippen molar-refractivity contribution >= 4 is 11.8 Å². The molecule has 0 N–H and O–H groups in total. The molecule has 0 aromatic carbocycles. The highest BCUT2D eigenvalue weighted by atomic mass is 16.6. The standard InChI is InChI=1S/C21H30O3/c1-20-9-6-16-15-5-3-14(22)12-13(15)2-4-17(16)18(20)7-10-21(20)11-8-19(23)24-21/h13,15-18H,2-12H2,1H3/t13-,15+,16-,17-,18+,20+,21+/m1/s1. The monoisotopic (exact) mass is 330 g/mol. The Hall–Kier alpha value is -0.860. The zero-order valence-electron chi connectivity index (χ0n) is 14.9. The summed E-state index contributed by atoms with van der Waals surface area (Å²) in [5.74, 6) is 4.41. The predicted octanol–water partition coefficient (Wildman–Crippen LogP) is 4.28. The molecule has 3 heteroatoms. The van der Waals surface area contributed by atoms with Gasteiger partial charge >= 0.3 is 5.97 Å². The lowest BCUT2D eigenvalue weighted by Gasteiger charge is -2.56. The van der Waals surface area contributed by atoms with Gasteiger partial charge in [-0.25, -0.2) is 0 Å². The molecule has 0 amide bonds. The maximum atomic E-state index is 11.9. The van der Waals surface area contributed by atoms with Crippen LogP contribution in [0.2, 0.25) is 0 Å². The molecule has 132 valence electrons. The molecule has 5 rings (SSSR count). The SMILES string of the molecule is C[C@]12CC[C@H]3[C@@H](CC[C@@H]4CC(=O)CC[C@@H]43)[C@@H]1CC[C@]21CCC(=O)O1. The summed E-state index contributed by atoms with van der Waals surface area (Å²) in [7, 11) is 0. The maximum absolute atomic E-state index is 11.9. The lowest BCUT2D eigenvalue weighted by Crippen LogP contribution is -2.53. The second-order valence-corrected chi connectivity index (χ2v) is 9.68. The molecule has 3 nitrogen and oxygen atoms in total. The molecule has 5 fully saturated rings. The summed E-state index contributed by atoms with van der Waals surface area (Å²) in [5.41, 5.74) is 0.0662. The second-order valence-electron chi connectivity index (χ2n) is 9.68. The molecule has 0 aromatic heterocycles. The molecule has 7 atom stereocenters. The van der Waals surface area contributed by atoms with Crippen molar-refractivity contribution in [3.63, 3.8) is 0 Å². The van der Waals surface area contributed by atoms with E-state index in [2.05, 4.69) is 6.92 Å². The molecule has 1 spiro atoms. The van der Waals surface area contributed by atoms with Crippen LogP contribution in [0, 0.1) is 35.0 Å². The van der Waals surface area contributed by atoms with Gasteiger partial charge in [-0.1, -0.05) is 6.92 Å². The van der Waals surface area contributed by atoms with Crippen molar-refractivity contribution < 1.29 is 14.3 Å². The first-order valence-electron chi connectivity index (χ1n) is 10.3. The normalized spacial score (nSPS) is 53.5. The Morgan fingerprint density at radius 3 is 2.54 bits per heavy atom. The summed E-state index contributed by atoms with van der Waals surface area (Å²) < 4.78 is 6.00. The Labute approximate surface area is 144 Å². The first-order chi connectivity index (χ1) is 11.5. The average molecular weight is 330 g/mol. The number of carbonyl (C=O) groups is 2. The summed E-state index contributed by atoms with van der Waals surface area (Å²) in [4.78, 5) is 23.7. The number of carbonyl (C=O) groups excluding carboxylic acids is 2. The maximum Gasteiger partial charge on any atom is 0.306 e. The van der Waals surface area contributed by atoms with Crippen LogP contribution in [-0.2, 0) is 14.3 Å². The van der Waals surface area contributed by atoms with Gasteiger partial charge in [0.2, 0.25) is 0 Å². The predicted molar refractivity (Wildman–Crippen MR) is 90.2 cm³/mol. The summed E-state index contributed by atoms with van der Waals surface area (Å²) >= 11 is 0. The Kier molecular flexibility index (Phi) is 3.26. The molecule has 1 aliphatic heterocycles. The Morgan fingerprint density at radius 1 is 0.875 bits per heavy atom. The van der Waals surface area contributed by atoms with Crippen molar-refractivity contribution in [2.45, 2.75) is 83.2 Å². The summed E-state index contributed by atoms with van der Waals surface area (Å²) in [6, 6.07) is 0. The van der Waals surface area contributed by atoms with Crippen LogP contribution in [0.4, 0.5) is 0 Å². The van der Waals surface area contributed by atoms with E-state index in [0.29, 0.717) is 18.1 Å². The number of ether oxygens (including phenoxy) is 1. The molecular weight excluding hydrogens is 300 g/mol. The van der Waals surface area contributed by atoms with Crippen molar-refractivity contribution in [2.24, 2.45) is 35.0 Å². The number of Topliss-reactive ketones (excluding diaryl/α,β-unsaturated/α-hetero) is 1. The van der Waals surface area contributed by atoms with Gasteiger partial charge in [-0.2, -0.15) is 0 Å². The number of ketones is 1. The van der Waals surface area contributed by atoms with Crippen LogP contribution >= 0.6 is 0 Å². The van der Waals surface area contributed by atoms with Crippen LogP contribution < -0.4 is 0 Å². The highest BCUT2D eigenvalue weighted by molar-refractivity contribution is 5.79. The molecule has 0 radical (unpaired) electrons. The molecule has 4 aliphatic carbocycles. The molecule has 1 heterocycles. The third kappa shape index (κ3) is 1.90. The first-order valence-corrected chi connectivity index (χ1v) is 10.3. The average Bonchev–Trinajstić information content (AvgIpc) is 3.08. The Morgan fingerprint density at radius 2 is 1.75 bits per heavy atom. The van der Waals surface area contributed by atoms with Crippen molar-refractivity contribution in [2.75, 3.05) is 0 Å². The van der Waals surface area contributed by atoms with Gasteiger partial charge in [0.25, 0.3) is 0 Å². The zero-order chi connectivity index (χ0) is 16.5. The fourth-order valence-corrected chi connectivity index (χ4v) is 7.95. The number of rotatable bonds is 0. The van der Waals surface area contributed by atoms with Crippen molar-refractivity contribution in [1.29, 1.82) is 0 Å². The topological polar surface area (TPSA) is 43.4 Å². The lowest BCUT2D eigenvalue weighted by atomic mass is 9.49. The van der Waals surface area contributed by atoms with Crippen molar-refractivity contribution in [1.82, 2.24) is 0 Å². The van der Waals surface area contributed by atoms with Gasteiger partial charge in [-0.15, -0.1) is 0 Å². The second kappa shape index (κ2) is 5.08. The smallest absolute Gasteiger partial charge is 0.306 e. The Bertz CT molecular complexity index is 584. The Balaban J connectivity index is 1.42. The molecule has 5 aliphatic rings. The minimum absolute atomic E-state index is 0.0356. The molecule has 1 saturated heterocycles. The third-order valence-electron chi connectivity index (χ3n) is 9.10. The number of hydrogen-bond donors (Lipinski definition) is 0. The van der Waals surface area contributed by atoms with E-state index in [1.54, 1.807) is 0 Å². The van der Waals surface area contributed by atoms with E-state index >= 15 is 0 Å². The van der Waals surface area contributed by atoms with E-state index in [0.717, 1.165) is 55.8 Å². The van der Waals surface area contributed by atoms with Gasteiger partial charge in [0, 0.05) is 24.7 Å². The fraction of sp³-hybridized carbons (Fsp3) is 0.905. The van der Waals surface area contributed by atoms with E-state index in [-0.39, 0.29) is 17.0 Å². The minimum atomic E-state index is -0.140. The van der Waals surface area contributed by atoms with Gasteiger partial charge in [0.15, 0.2) is 0 Å². The molecular formula is C21H30O3. The minimum Gasteiger partial charge on any atom is -0.458 e. The molecule has 24 heavy (non-hydrogen) atoms. The van der Waals surface area contributed by atoms with Crippen molar-refractivity contribution in [3.05, 3.63) is 0 Å². The third-order valence-corrected chi connectivity index (χ3v) is 9.10. The highest BCUT2D eigenvalue weighted by Gasteiger charge is 2.66. The highest BCUT2D eigenvalue weighted by Crippen LogP contribution is 2.67. The van der Waals surface area contributed by atoms with Gasteiger partial charge in [0.05, 0.1) is 0 Å². The van der Waals surface area contributed by atoms with Crippen LogP contribution in [0.15, 0.2) is 0 Å². The first kappa shape index (κ1) is 15.4. The summed E-state index contributed by atoms with van der Waals surface area (Å²) in [5, 5.41) is 0. The van der Waals surface area contributed by atoms with Gasteiger partial charge in [-0.05, 0) is 81.0 Å². The molecule has 0 bridgehead atoms. The molecule has 4 saturated carbocycles. The number of hydrogen-bond acceptors (Lipinski definition) is 3. The zero-order valence-corrected chi connectivity index (χ0v) is 14.9. The van der Waals surface area contributed by atoms with Gasteiger partial charge in [-0.3, -0.25) is 9.59 Å². The summed E-state index contributed by atoms with van der Waals surface area (Å²) in [6.45, 7) is 2.44. The van der Waals surface area contributed by atoms with E-state index in [1.165, 1.54) is 32.1 Å². The van der Waals surface area contributed by atoms with Crippen LogP contribution in [0.5, 0.6) is 0 Å². The fourth-order valence-electron chi connectivity index (χ4n) is 7.95. The summed E-state index contributed by atoms with van der Waals surface area (Å²) in [6.07, 6.45) is 11.9. The molecule has 0 aromatic rings. The van der Waals surface area contributed by atoms with Crippen LogP contribution in [0.1, 0.15) is 77.6 Å². The van der Waals surface area contributed by atoms with Crippen LogP contribution in [0.25, 0.3) is 0 Å². The van der Waals surface area contributed by atoms with Crippen LogP contribution in [-0.4, -0.2) is 17.4 Å². The van der Waals surface area contributed by atoms with E-state index in [4.69, 9.17) is 4.74 Å². The number of esters is 1. The van der Waals surface area contributed by atoms with Gasteiger partial charge in [0.1, 0.15) is 11.4 Å². The van der Waals surface area contributed by atoms with E-state index in [9.17, 15) is 9.59 Å². The van der Waals surface area contributed by atoms with Crippen LogP contribution in [0.3, 0.4) is 0 Å². The number of fused-ring (bicyclic) bond motifs is 6. The van der Waals surface area contributed by atoms with Crippen molar-refractivity contribution in [3.8, 4) is 0 Å². The molecule has 0 unspecified atom stereocenters. The van der Waals surface area contributed by atoms with E-state index in [1.807, 2.05) is 0 Å².